The van der Waals surface area contributed by atoms with Gasteiger partial charge in [-0.15, -0.1) is 11.8 Å². The Morgan fingerprint density at radius 2 is 1.85 bits per heavy atom. The van der Waals surface area contributed by atoms with Crippen molar-refractivity contribution in [2.24, 2.45) is 0 Å². The highest BCUT2D eigenvalue weighted by Crippen LogP contribution is 2.24. The third-order valence-electron chi connectivity index (χ3n) is 3.05. The summed E-state index contributed by atoms with van der Waals surface area (Å²) in [4.78, 5) is 15.3. The molecule has 3 rings (SSSR count). The summed E-state index contributed by atoms with van der Waals surface area (Å²) < 4.78 is 0. The summed E-state index contributed by atoms with van der Waals surface area (Å²) in [7, 11) is 0. The number of aromatic nitrogens is 1. The van der Waals surface area contributed by atoms with Crippen molar-refractivity contribution in [2.75, 3.05) is 5.75 Å². The number of para-hydroxylation sites is 1. The molecule has 0 saturated heterocycles. The third kappa shape index (κ3) is 2.70. The molecule has 0 amide bonds. The Balaban J connectivity index is 1.69. The summed E-state index contributed by atoms with van der Waals surface area (Å²) in [6.07, 6.45) is 0. The molecular weight excluding hydrogens is 270 g/mol. The summed E-state index contributed by atoms with van der Waals surface area (Å²) >= 11 is 1.49. The standard InChI is InChI=1S/C16H13NO2S/c18-13-7-5-11(6-8-13)15(19)10-20-16-9-12-3-1-2-4-14(12)17-16/h1-9,17-18H,10H2. The number of aromatic hydroxyl groups is 1. The number of nitrogens with one attached hydrogen (secondary N) is 1. The summed E-state index contributed by atoms with van der Waals surface area (Å²) in [6, 6.07) is 16.4. The first-order valence-corrected chi connectivity index (χ1v) is 7.24. The van der Waals surface area contributed by atoms with Crippen LogP contribution in [0, 0.1) is 0 Å². The fourth-order valence-electron chi connectivity index (χ4n) is 2.00. The second-order valence-corrected chi connectivity index (χ2v) is 5.50. The highest BCUT2D eigenvalue weighted by Gasteiger charge is 2.08. The van der Waals surface area contributed by atoms with Crippen LogP contribution >= 0.6 is 11.8 Å². The first-order chi connectivity index (χ1) is 9.72. The van der Waals surface area contributed by atoms with Crippen molar-refractivity contribution in [3.05, 3.63) is 60.2 Å². The number of carbonyl (C=O) groups excluding carboxylic acids is 1. The number of thioether (sulfide) groups is 1. The Kier molecular flexibility index (Phi) is 3.48. The number of carbonyl (C=O) groups is 1. The Morgan fingerprint density at radius 3 is 2.60 bits per heavy atom. The summed E-state index contributed by atoms with van der Waals surface area (Å²) in [5.74, 6) is 0.593. The van der Waals surface area contributed by atoms with E-state index in [0.29, 0.717) is 11.3 Å². The number of Topliss-reactive ketones (excluding diaryl/α,β-unsaturated/α-hetero) is 1. The Bertz CT molecular complexity index is 714. The molecule has 0 bridgehead atoms. The molecule has 0 aliphatic heterocycles. The first kappa shape index (κ1) is 12.8. The van der Waals surface area contributed by atoms with E-state index in [2.05, 4.69) is 4.98 Å². The van der Waals surface area contributed by atoms with Crippen molar-refractivity contribution >= 4 is 28.4 Å². The zero-order chi connectivity index (χ0) is 13.9. The van der Waals surface area contributed by atoms with Crippen LogP contribution in [0.1, 0.15) is 10.4 Å². The van der Waals surface area contributed by atoms with Gasteiger partial charge in [-0.05, 0) is 36.4 Å². The number of benzene rings is 2. The van der Waals surface area contributed by atoms with Crippen molar-refractivity contribution in [2.45, 2.75) is 5.03 Å². The van der Waals surface area contributed by atoms with E-state index in [-0.39, 0.29) is 11.5 Å². The van der Waals surface area contributed by atoms with E-state index in [1.807, 2.05) is 30.3 Å². The van der Waals surface area contributed by atoms with Crippen LogP contribution in [0.4, 0.5) is 0 Å². The van der Waals surface area contributed by atoms with Crippen molar-refractivity contribution in [3.63, 3.8) is 0 Å². The molecule has 3 aromatic rings. The van der Waals surface area contributed by atoms with E-state index in [4.69, 9.17) is 0 Å². The minimum atomic E-state index is 0.0497. The average molecular weight is 283 g/mol. The Labute approximate surface area is 120 Å². The average Bonchev–Trinajstić information content (AvgIpc) is 2.88. The van der Waals surface area contributed by atoms with E-state index in [1.165, 1.54) is 23.9 Å². The molecule has 0 fully saturated rings. The molecule has 0 unspecified atom stereocenters. The van der Waals surface area contributed by atoms with Gasteiger partial charge in [-0.3, -0.25) is 4.79 Å². The molecule has 2 N–H and O–H groups in total. The second-order valence-electron chi connectivity index (χ2n) is 4.48. The lowest BCUT2D eigenvalue weighted by Crippen LogP contribution is -2.01. The van der Waals surface area contributed by atoms with Crippen LogP contribution in [0.15, 0.2) is 59.6 Å². The predicted octanol–water partition coefficient (Wildman–Crippen LogP) is 3.85. The fourth-order valence-corrected chi connectivity index (χ4v) is 2.84. The second kappa shape index (κ2) is 5.43. The molecule has 0 spiro atoms. The number of fused-ring (bicyclic) bond motifs is 1. The van der Waals surface area contributed by atoms with Crippen molar-refractivity contribution in [1.29, 1.82) is 0 Å². The maximum Gasteiger partial charge on any atom is 0.173 e. The number of phenolic OH excluding ortho intramolecular Hbond substituents is 1. The van der Waals surface area contributed by atoms with E-state index in [9.17, 15) is 9.90 Å². The van der Waals surface area contributed by atoms with Crippen LogP contribution < -0.4 is 0 Å². The van der Waals surface area contributed by atoms with Gasteiger partial charge in [0.25, 0.3) is 0 Å². The largest absolute Gasteiger partial charge is 0.508 e. The lowest BCUT2D eigenvalue weighted by atomic mass is 10.1. The Hall–Kier alpha value is -2.20. The lowest BCUT2D eigenvalue weighted by molar-refractivity contribution is 0.102. The van der Waals surface area contributed by atoms with Crippen LogP contribution in [0.2, 0.25) is 0 Å². The van der Waals surface area contributed by atoms with Gasteiger partial charge in [-0.2, -0.15) is 0 Å². The molecule has 1 heterocycles. The molecule has 0 aliphatic carbocycles. The number of hydrogen-bond acceptors (Lipinski definition) is 3. The van der Waals surface area contributed by atoms with E-state index < -0.39 is 0 Å². The van der Waals surface area contributed by atoms with E-state index in [1.54, 1.807) is 12.1 Å². The highest BCUT2D eigenvalue weighted by molar-refractivity contribution is 7.99. The van der Waals surface area contributed by atoms with Gasteiger partial charge in [0.2, 0.25) is 0 Å². The molecule has 20 heavy (non-hydrogen) atoms. The lowest BCUT2D eigenvalue weighted by Gasteiger charge is -2.00. The number of H-pyrrole nitrogens is 1. The molecule has 0 radical (unpaired) electrons. The minimum Gasteiger partial charge on any atom is -0.508 e. The number of rotatable bonds is 4. The molecule has 2 aromatic carbocycles. The van der Waals surface area contributed by atoms with Gasteiger partial charge < -0.3 is 10.1 Å². The van der Waals surface area contributed by atoms with Crippen LogP contribution in [0.5, 0.6) is 5.75 Å². The zero-order valence-corrected chi connectivity index (χ0v) is 11.5. The molecule has 0 aliphatic rings. The van der Waals surface area contributed by atoms with Crippen molar-refractivity contribution in [3.8, 4) is 5.75 Å². The molecule has 0 saturated carbocycles. The molecule has 0 atom stereocenters. The topological polar surface area (TPSA) is 53.1 Å². The Morgan fingerprint density at radius 1 is 1.10 bits per heavy atom. The minimum absolute atomic E-state index is 0.0497. The van der Waals surface area contributed by atoms with Gasteiger partial charge in [0.1, 0.15) is 5.75 Å². The highest BCUT2D eigenvalue weighted by atomic mass is 32.2. The van der Waals surface area contributed by atoms with E-state index >= 15 is 0 Å². The van der Waals surface area contributed by atoms with Crippen molar-refractivity contribution < 1.29 is 9.90 Å². The molecular formula is C16H13NO2S. The molecule has 1 aromatic heterocycles. The quantitative estimate of drug-likeness (QED) is 0.565. The monoisotopic (exact) mass is 283 g/mol. The SMILES string of the molecule is O=C(CSc1cc2ccccc2[nH]1)c1ccc(O)cc1. The maximum atomic E-state index is 12.0. The third-order valence-corrected chi connectivity index (χ3v) is 3.99. The van der Waals surface area contributed by atoms with Crippen LogP contribution in [0.25, 0.3) is 10.9 Å². The molecule has 3 nitrogen and oxygen atoms in total. The van der Waals surface area contributed by atoms with Gasteiger partial charge in [0.15, 0.2) is 5.78 Å². The number of ketones is 1. The number of hydrogen-bond donors (Lipinski definition) is 2. The van der Waals surface area contributed by atoms with Crippen LogP contribution in [-0.4, -0.2) is 21.6 Å². The van der Waals surface area contributed by atoms with Gasteiger partial charge in [-0.25, -0.2) is 0 Å². The van der Waals surface area contributed by atoms with Gasteiger partial charge in [0, 0.05) is 16.5 Å². The molecule has 4 heteroatoms. The van der Waals surface area contributed by atoms with Gasteiger partial charge >= 0.3 is 0 Å². The number of phenols is 1. The molecule has 100 valence electrons. The first-order valence-electron chi connectivity index (χ1n) is 6.25. The smallest absolute Gasteiger partial charge is 0.173 e. The summed E-state index contributed by atoms with van der Waals surface area (Å²) in [5.41, 5.74) is 1.69. The summed E-state index contributed by atoms with van der Waals surface area (Å²) in [6.45, 7) is 0. The number of aromatic amines is 1. The van der Waals surface area contributed by atoms with Crippen LogP contribution in [-0.2, 0) is 0 Å². The van der Waals surface area contributed by atoms with Gasteiger partial charge in [0.05, 0.1) is 10.8 Å². The fraction of sp³-hybridized carbons (Fsp3) is 0.0625. The van der Waals surface area contributed by atoms with Crippen LogP contribution in [0.3, 0.4) is 0 Å². The maximum absolute atomic E-state index is 12.0. The summed E-state index contributed by atoms with van der Waals surface area (Å²) in [5, 5.41) is 11.3. The zero-order valence-electron chi connectivity index (χ0n) is 10.7. The van der Waals surface area contributed by atoms with Crippen molar-refractivity contribution in [1.82, 2.24) is 4.98 Å². The normalized spacial score (nSPS) is 10.8. The predicted molar refractivity (Wildman–Crippen MR) is 81.5 cm³/mol. The van der Waals surface area contributed by atoms with E-state index in [0.717, 1.165) is 15.9 Å². The van der Waals surface area contributed by atoms with Gasteiger partial charge in [-0.1, -0.05) is 18.2 Å².